The van der Waals surface area contributed by atoms with E-state index in [4.69, 9.17) is 5.11 Å². The zero-order valence-electron chi connectivity index (χ0n) is 10.6. The number of urea groups is 1. The molecular formula is C12H22N2O3. The molecule has 0 aromatic heterocycles. The fourth-order valence-electron chi connectivity index (χ4n) is 2.10. The van der Waals surface area contributed by atoms with Crippen molar-refractivity contribution in [1.29, 1.82) is 0 Å². The van der Waals surface area contributed by atoms with Crippen molar-refractivity contribution in [1.82, 2.24) is 10.2 Å². The van der Waals surface area contributed by atoms with Gasteiger partial charge in [0.25, 0.3) is 0 Å². The summed E-state index contributed by atoms with van der Waals surface area (Å²) in [5, 5.41) is 11.5. The average Bonchev–Trinajstić information content (AvgIpc) is 2.80. The van der Waals surface area contributed by atoms with Gasteiger partial charge in [0.15, 0.2) is 0 Å². The molecule has 1 unspecified atom stereocenters. The molecule has 2 amide bonds. The first-order valence-electron chi connectivity index (χ1n) is 6.26. The van der Waals surface area contributed by atoms with Gasteiger partial charge >= 0.3 is 12.0 Å². The Balaban J connectivity index is 2.22. The number of hydrogen-bond acceptors (Lipinski definition) is 2. The number of amides is 2. The molecule has 0 aromatic carbocycles. The predicted octanol–water partition coefficient (Wildman–Crippen LogP) is 1.68. The number of carboxylic acid groups (broad SMARTS) is 1. The second-order valence-corrected chi connectivity index (χ2v) is 4.81. The molecule has 5 heteroatoms. The molecule has 1 rings (SSSR count). The molecule has 98 valence electrons. The molecular weight excluding hydrogens is 220 g/mol. The summed E-state index contributed by atoms with van der Waals surface area (Å²) in [6.07, 6.45) is 5.02. The fourth-order valence-corrected chi connectivity index (χ4v) is 2.10. The van der Waals surface area contributed by atoms with E-state index in [1.54, 1.807) is 11.8 Å². The van der Waals surface area contributed by atoms with Crippen molar-refractivity contribution in [3.8, 4) is 0 Å². The van der Waals surface area contributed by atoms with Crippen LogP contribution in [0.25, 0.3) is 0 Å². The molecule has 1 atom stereocenters. The van der Waals surface area contributed by atoms with E-state index in [0.717, 1.165) is 12.8 Å². The van der Waals surface area contributed by atoms with E-state index in [9.17, 15) is 9.59 Å². The van der Waals surface area contributed by atoms with Gasteiger partial charge in [0.1, 0.15) is 0 Å². The molecule has 0 radical (unpaired) electrons. The molecule has 0 heterocycles. The van der Waals surface area contributed by atoms with Crippen molar-refractivity contribution >= 4 is 12.0 Å². The average molecular weight is 242 g/mol. The van der Waals surface area contributed by atoms with Gasteiger partial charge in [-0.15, -0.1) is 0 Å². The second-order valence-electron chi connectivity index (χ2n) is 4.81. The molecule has 0 aliphatic heterocycles. The van der Waals surface area contributed by atoms with Crippen LogP contribution in [0.3, 0.4) is 0 Å². The Morgan fingerprint density at radius 2 is 2.00 bits per heavy atom. The third-order valence-electron chi connectivity index (χ3n) is 3.47. The summed E-state index contributed by atoms with van der Waals surface area (Å²) in [4.78, 5) is 24.1. The van der Waals surface area contributed by atoms with Gasteiger partial charge < -0.3 is 15.3 Å². The lowest BCUT2D eigenvalue weighted by Crippen LogP contribution is -2.43. The standard InChI is InChI=1S/C12H22N2O3/c1-9(11(15)16)7-8-13-12(17)14(2)10-5-3-4-6-10/h9-10H,3-8H2,1-2H3,(H,13,17)(H,15,16). The third kappa shape index (κ3) is 4.24. The van der Waals surface area contributed by atoms with Crippen molar-refractivity contribution in [2.24, 2.45) is 5.92 Å². The van der Waals surface area contributed by atoms with E-state index in [2.05, 4.69) is 5.32 Å². The minimum atomic E-state index is -0.816. The van der Waals surface area contributed by atoms with Gasteiger partial charge in [0.05, 0.1) is 5.92 Å². The third-order valence-corrected chi connectivity index (χ3v) is 3.47. The topological polar surface area (TPSA) is 69.6 Å². The first kappa shape index (κ1) is 13.8. The highest BCUT2D eigenvalue weighted by atomic mass is 16.4. The normalized spacial score (nSPS) is 17.8. The van der Waals surface area contributed by atoms with Crippen LogP contribution in [0.15, 0.2) is 0 Å². The van der Waals surface area contributed by atoms with Crippen molar-refractivity contribution in [2.75, 3.05) is 13.6 Å². The van der Waals surface area contributed by atoms with Gasteiger partial charge in [0.2, 0.25) is 0 Å². The highest BCUT2D eigenvalue weighted by molar-refractivity contribution is 5.74. The van der Waals surface area contributed by atoms with Crippen LogP contribution in [0.1, 0.15) is 39.0 Å². The van der Waals surface area contributed by atoms with E-state index >= 15 is 0 Å². The molecule has 17 heavy (non-hydrogen) atoms. The van der Waals surface area contributed by atoms with Gasteiger partial charge in [0, 0.05) is 19.6 Å². The molecule has 1 aliphatic carbocycles. The SMILES string of the molecule is CC(CCNC(=O)N(C)C1CCCC1)C(=O)O. The maximum Gasteiger partial charge on any atom is 0.317 e. The number of nitrogens with one attached hydrogen (secondary N) is 1. The van der Waals surface area contributed by atoms with Gasteiger partial charge in [-0.3, -0.25) is 4.79 Å². The van der Waals surface area contributed by atoms with Crippen LogP contribution in [-0.4, -0.2) is 41.6 Å². The summed E-state index contributed by atoms with van der Waals surface area (Å²) in [6, 6.07) is 0.265. The summed E-state index contributed by atoms with van der Waals surface area (Å²) in [6.45, 7) is 2.07. The Labute approximate surface area is 102 Å². The van der Waals surface area contributed by atoms with Gasteiger partial charge in [-0.25, -0.2) is 4.79 Å². The Hall–Kier alpha value is -1.26. The lowest BCUT2D eigenvalue weighted by molar-refractivity contribution is -0.141. The number of carbonyl (C=O) groups excluding carboxylic acids is 1. The Morgan fingerprint density at radius 3 is 2.53 bits per heavy atom. The van der Waals surface area contributed by atoms with E-state index in [0.29, 0.717) is 19.0 Å². The van der Waals surface area contributed by atoms with Gasteiger partial charge in [-0.1, -0.05) is 19.8 Å². The fraction of sp³-hybridized carbons (Fsp3) is 0.833. The summed E-state index contributed by atoms with van der Waals surface area (Å²) in [5.41, 5.74) is 0. The lowest BCUT2D eigenvalue weighted by Gasteiger charge is -2.24. The van der Waals surface area contributed by atoms with Crippen LogP contribution >= 0.6 is 0 Å². The van der Waals surface area contributed by atoms with Gasteiger partial charge in [-0.2, -0.15) is 0 Å². The second kappa shape index (κ2) is 6.47. The molecule has 5 nitrogen and oxygen atoms in total. The van der Waals surface area contributed by atoms with Crippen LogP contribution in [0.4, 0.5) is 4.79 Å². The number of carbonyl (C=O) groups is 2. The van der Waals surface area contributed by atoms with E-state index < -0.39 is 11.9 Å². The molecule has 0 aromatic rings. The number of carboxylic acids is 1. The Morgan fingerprint density at radius 1 is 1.41 bits per heavy atom. The molecule has 0 saturated heterocycles. The molecule has 0 spiro atoms. The zero-order chi connectivity index (χ0) is 12.8. The van der Waals surface area contributed by atoms with Crippen molar-refractivity contribution < 1.29 is 14.7 Å². The van der Waals surface area contributed by atoms with Crippen LogP contribution in [-0.2, 0) is 4.79 Å². The zero-order valence-corrected chi connectivity index (χ0v) is 10.6. The quantitative estimate of drug-likeness (QED) is 0.770. The first-order chi connectivity index (χ1) is 8.02. The van der Waals surface area contributed by atoms with Crippen LogP contribution in [0, 0.1) is 5.92 Å². The summed E-state index contributed by atoms with van der Waals surface area (Å²) in [5.74, 6) is -1.23. The van der Waals surface area contributed by atoms with Gasteiger partial charge in [-0.05, 0) is 19.3 Å². The molecule has 0 bridgehead atoms. The van der Waals surface area contributed by atoms with Crippen molar-refractivity contribution in [3.05, 3.63) is 0 Å². The Bertz CT molecular complexity index is 275. The molecule has 1 saturated carbocycles. The predicted molar refractivity (Wildman–Crippen MR) is 64.8 cm³/mol. The molecule has 1 aliphatic rings. The van der Waals surface area contributed by atoms with Crippen molar-refractivity contribution in [3.63, 3.8) is 0 Å². The lowest BCUT2D eigenvalue weighted by atomic mass is 10.1. The number of hydrogen-bond donors (Lipinski definition) is 2. The number of nitrogens with zero attached hydrogens (tertiary/aromatic N) is 1. The summed E-state index contributed by atoms with van der Waals surface area (Å²) < 4.78 is 0. The molecule has 1 fully saturated rings. The van der Waals surface area contributed by atoms with E-state index in [-0.39, 0.29) is 6.03 Å². The largest absolute Gasteiger partial charge is 0.481 e. The minimum Gasteiger partial charge on any atom is -0.481 e. The maximum atomic E-state index is 11.7. The molecule has 2 N–H and O–H groups in total. The maximum absolute atomic E-state index is 11.7. The van der Waals surface area contributed by atoms with E-state index in [1.807, 2.05) is 7.05 Å². The smallest absolute Gasteiger partial charge is 0.317 e. The highest BCUT2D eigenvalue weighted by Gasteiger charge is 2.23. The summed E-state index contributed by atoms with van der Waals surface area (Å²) >= 11 is 0. The minimum absolute atomic E-state index is 0.0884. The number of aliphatic carboxylic acids is 1. The van der Waals surface area contributed by atoms with Crippen LogP contribution in [0.2, 0.25) is 0 Å². The van der Waals surface area contributed by atoms with Crippen LogP contribution in [0.5, 0.6) is 0 Å². The monoisotopic (exact) mass is 242 g/mol. The highest BCUT2D eigenvalue weighted by Crippen LogP contribution is 2.22. The van der Waals surface area contributed by atoms with Crippen LogP contribution < -0.4 is 5.32 Å². The van der Waals surface area contributed by atoms with Crippen molar-refractivity contribution in [2.45, 2.75) is 45.1 Å². The van der Waals surface area contributed by atoms with E-state index in [1.165, 1.54) is 12.8 Å². The first-order valence-corrected chi connectivity index (χ1v) is 6.26. The number of rotatable bonds is 5. The Kier molecular flexibility index (Phi) is 5.25. The summed E-state index contributed by atoms with van der Waals surface area (Å²) in [7, 11) is 1.81.